The number of nitrogens with two attached hydrogens (primary N) is 1. The van der Waals surface area contributed by atoms with Crippen LogP contribution >= 0.6 is 11.8 Å². The molecule has 3 N–H and O–H groups in total. The molecule has 0 saturated heterocycles. The van der Waals surface area contributed by atoms with Crippen LogP contribution in [-0.2, 0) is 5.75 Å². The molecular formula is C14H12F2N2OS. The number of hydrazine groups is 1. The molecule has 0 aromatic heterocycles. The van der Waals surface area contributed by atoms with Crippen molar-refractivity contribution in [3.8, 4) is 0 Å². The molecule has 0 heterocycles. The topological polar surface area (TPSA) is 55.1 Å². The van der Waals surface area contributed by atoms with E-state index in [1.807, 2.05) is 6.07 Å². The van der Waals surface area contributed by atoms with E-state index in [1.54, 1.807) is 18.2 Å². The number of nitrogen functional groups attached to an aromatic ring is 1. The number of thioether (sulfide) groups is 1. The highest BCUT2D eigenvalue weighted by molar-refractivity contribution is 7.98. The van der Waals surface area contributed by atoms with Crippen molar-refractivity contribution in [2.24, 2.45) is 5.84 Å². The molecule has 2 aromatic carbocycles. The van der Waals surface area contributed by atoms with E-state index in [9.17, 15) is 13.6 Å². The molecule has 2 rings (SSSR count). The van der Waals surface area contributed by atoms with Gasteiger partial charge in [0.15, 0.2) is 11.6 Å². The summed E-state index contributed by atoms with van der Waals surface area (Å²) in [5, 5.41) is 0. The number of carbonyl (C=O) groups is 1. The molecule has 0 aliphatic heterocycles. The molecule has 3 nitrogen and oxygen atoms in total. The summed E-state index contributed by atoms with van der Waals surface area (Å²) >= 11 is 1.35. The fourth-order valence-corrected chi connectivity index (χ4v) is 2.48. The highest BCUT2D eigenvalue weighted by Crippen LogP contribution is 2.24. The van der Waals surface area contributed by atoms with E-state index in [2.05, 4.69) is 5.43 Å². The number of hydrogen-bond donors (Lipinski definition) is 2. The lowest BCUT2D eigenvalue weighted by molar-refractivity contribution is 0.0953. The van der Waals surface area contributed by atoms with Crippen molar-refractivity contribution in [3.63, 3.8) is 0 Å². The van der Waals surface area contributed by atoms with Gasteiger partial charge in [-0.05, 0) is 35.9 Å². The van der Waals surface area contributed by atoms with Crippen molar-refractivity contribution in [3.05, 3.63) is 65.2 Å². The Kier molecular flexibility index (Phi) is 4.70. The lowest BCUT2D eigenvalue weighted by Gasteiger charge is -2.05. The lowest BCUT2D eigenvalue weighted by Crippen LogP contribution is -2.29. The highest BCUT2D eigenvalue weighted by atomic mass is 32.2. The molecule has 0 spiro atoms. The van der Waals surface area contributed by atoms with Crippen LogP contribution in [0.15, 0.2) is 47.4 Å². The smallest absolute Gasteiger partial charge is 0.265 e. The number of carbonyl (C=O) groups excluding carboxylic acids is 1. The minimum Gasteiger partial charge on any atom is -0.290 e. The molecule has 0 aliphatic carbocycles. The van der Waals surface area contributed by atoms with E-state index in [0.717, 1.165) is 17.7 Å². The molecule has 0 saturated carbocycles. The third-order valence-corrected chi connectivity index (χ3v) is 3.68. The van der Waals surface area contributed by atoms with Crippen molar-refractivity contribution >= 4 is 17.7 Å². The first-order valence-electron chi connectivity index (χ1n) is 5.78. The van der Waals surface area contributed by atoms with Gasteiger partial charge in [0.25, 0.3) is 5.91 Å². The fraction of sp³-hybridized carbons (Fsp3) is 0.0714. The Morgan fingerprint density at radius 1 is 1.15 bits per heavy atom. The maximum atomic E-state index is 13.1. The van der Waals surface area contributed by atoms with Gasteiger partial charge < -0.3 is 0 Å². The van der Waals surface area contributed by atoms with Gasteiger partial charge in [-0.25, -0.2) is 14.6 Å². The molecular weight excluding hydrogens is 282 g/mol. The average Bonchev–Trinajstić information content (AvgIpc) is 2.48. The molecule has 0 fully saturated rings. The van der Waals surface area contributed by atoms with Crippen molar-refractivity contribution in [2.75, 3.05) is 0 Å². The monoisotopic (exact) mass is 294 g/mol. The molecule has 0 radical (unpaired) electrons. The largest absolute Gasteiger partial charge is 0.290 e. The predicted octanol–water partition coefficient (Wildman–Crippen LogP) is 2.86. The first-order chi connectivity index (χ1) is 9.60. The van der Waals surface area contributed by atoms with Crippen LogP contribution in [-0.4, -0.2) is 5.91 Å². The second-order valence-electron chi connectivity index (χ2n) is 4.04. The van der Waals surface area contributed by atoms with E-state index in [1.165, 1.54) is 17.8 Å². The van der Waals surface area contributed by atoms with E-state index >= 15 is 0 Å². The summed E-state index contributed by atoms with van der Waals surface area (Å²) in [4.78, 5) is 12.0. The number of amides is 1. The Balaban J connectivity index is 2.07. The van der Waals surface area contributed by atoms with Gasteiger partial charge in [-0.2, -0.15) is 0 Å². The molecule has 0 unspecified atom stereocenters. The quantitative estimate of drug-likeness (QED) is 0.394. The minimum absolute atomic E-state index is 0.371. The standard InChI is InChI=1S/C14H12F2N2OS/c15-12-5-4-11(7-13(12)16)20-8-9-2-1-3-10(6-9)14(19)18-17/h1-7H,8,17H2,(H,18,19). The maximum absolute atomic E-state index is 13.1. The Bertz CT molecular complexity index is 634. The highest BCUT2D eigenvalue weighted by Gasteiger charge is 2.06. The summed E-state index contributed by atoms with van der Waals surface area (Å²) in [5.74, 6) is 3.50. The van der Waals surface area contributed by atoms with Crippen LogP contribution < -0.4 is 11.3 Å². The predicted molar refractivity (Wildman–Crippen MR) is 74.0 cm³/mol. The Morgan fingerprint density at radius 3 is 2.65 bits per heavy atom. The summed E-state index contributed by atoms with van der Waals surface area (Å²) < 4.78 is 25.9. The van der Waals surface area contributed by atoms with E-state index in [4.69, 9.17) is 5.84 Å². The molecule has 1 amide bonds. The second-order valence-corrected chi connectivity index (χ2v) is 5.09. The molecule has 104 valence electrons. The van der Waals surface area contributed by atoms with Crippen LogP contribution in [0.1, 0.15) is 15.9 Å². The maximum Gasteiger partial charge on any atom is 0.265 e. The van der Waals surface area contributed by atoms with Crippen molar-refractivity contribution in [1.29, 1.82) is 0 Å². The summed E-state index contributed by atoms with van der Waals surface area (Å²) in [7, 11) is 0. The number of nitrogens with one attached hydrogen (secondary N) is 1. The fourth-order valence-electron chi connectivity index (χ4n) is 1.62. The minimum atomic E-state index is -0.869. The lowest BCUT2D eigenvalue weighted by atomic mass is 10.1. The van der Waals surface area contributed by atoms with Crippen molar-refractivity contribution in [2.45, 2.75) is 10.6 Å². The zero-order valence-corrected chi connectivity index (χ0v) is 11.2. The van der Waals surface area contributed by atoms with Crippen LogP contribution in [0.2, 0.25) is 0 Å². The molecule has 2 aromatic rings. The summed E-state index contributed by atoms with van der Waals surface area (Å²) in [6, 6.07) is 10.7. The Morgan fingerprint density at radius 2 is 1.95 bits per heavy atom. The second kappa shape index (κ2) is 6.49. The first-order valence-corrected chi connectivity index (χ1v) is 6.76. The van der Waals surface area contributed by atoms with Crippen LogP contribution in [0.25, 0.3) is 0 Å². The zero-order valence-electron chi connectivity index (χ0n) is 10.4. The summed E-state index contributed by atoms with van der Waals surface area (Å²) in [6.07, 6.45) is 0. The number of benzene rings is 2. The van der Waals surface area contributed by atoms with Gasteiger partial charge in [0.05, 0.1) is 0 Å². The molecule has 0 aliphatic rings. The Labute approximate surface area is 119 Å². The SMILES string of the molecule is NNC(=O)c1cccc(CSc2ccc(F)c(F)c2)c1. The van der Waals surface area contributed by atoms with Gasteiger partial charge in [0.1, 0.15) is 0 Å². The van der Waals surface area contributed by atoms with E-state index in [0.29, 0.717) is 16.2 Å². The molecule has 0 atom stereocenters. The first kappa shape index (κ1) is 14.5. The normalized spacial score (nSPS) is 10.3. The van der Waals surface area contributed by atoms with Gasteiger partial charge in [-0.1, -0.05) is 12.1 Å². The van der Waals surface area contributed by atoms with Gasteiger partial charge >= 0.3 is 0 Å². The molecule has 20 heavy (non-hydrogen) atoms. The molecule has 0 bridgehead atoms. The van der Waals surface area contributed by atoms with Gasteiger partial charge in [-0.3, -0.25) is 10.2 Å². The summed E-state index contributed by atoms with van der Waals surface area (Å²) in [6.45, 7) is 0. The number of rotatable bonds is 4. The van der Waals surface area contributed by atoms with Crippen LogP contribution in [0.5, 0.6) is 0 Å². The third kappa shape index (κ3) is 3.55. The van der Waals surface area contributed by atoms with Gasteiger partial charge in [0.2, 0.25) is 0 Å². The van der Waals surface area contributed by atoms with Gasteiger partial charge in [0, 0.05) is 16.2 Å². The Hall–Kier alpha value is -1.92. The average molecular weight is 294 g/mol. The van der Waals surface area contributed by atoms with Crippen molar-refractivity contribution in [1.82, 2.24) is 5.43 Å². The summed E-state index contributed by atoms with van der Waals surface area (Å²) in [5.41, 5.74) is 3.40. The zero-order chi connectivity index (χ0) is 14.5. The van der Waals surface area contributed by atoms with Crippen LogP contribution in [0.4, 0.5) is 8.78 Å². The van der Waals surface area contributed by atoms with Crippen LogP contribution in [0, 0.1) is 11.6 Å². The molecule has 6 heteroatoms. The van der Waals surface area contributed by atoms with E-state index in [-0.39, 0.29) is 5.91 Å². The van der Waals surface area contributed by atoms with E-state index < -0.39 is 11.6 Å². The van der Waals surface area contributed by atoms with Crippen molar-refractivity contribution < 1.29 is 13.6 Å². The third-order valence-electron chi connectivity index (χ3n) is 2.62. The van der Waals surface area contributed by atoms with Crippen LogP contribution in [0.3, 0.4) is 0 Å². The number of halogens is 2. The number of hydrogen-bond acceptors (Lipinski definition) is 3. The van der Waals surface area contributed by atoms with Gasteiger partial charge in [-0.15, -0.1) is 11.8 Å².